The van der Waals surface area contributed by atoms with Gasteiger partial charge in [0.2, 0.25) is 0 Å². The van der Waals surface area contributed by atoms with Crippen molar-refractivity contribution in [1.29, 1.82) is 0 Å². The van der Waals surface area contributed by atoms with Crippen LogP contribution in [0.2, 0.25) is 5.02 Å². The summed E-state index contributed by atoms with van der Waals surface area (Å²) in [4.78, 5) is 2.52. The van der Waals surface area contributed by atoms with Gasteiger partial charge < -0.3 is 0 Å². The van der Waals surface area contributed by atoms with E-state index in [9.17, 15) is 0 Å². The second-order valence-electron chi connectivity index (χ2n) is 10.9. The van der Waals surface area contributed by atoms with Gasteiger partial charge >= 0.3 is 0 Å². The molecule has 0 aliphatic rings. The second kappa shape index (κ2) is 16.2. The molecule has 3 aromatic carbocycles. The normalized spacial score (nSPS) is 12.1. The minimum absolute atomic E-state index is 0.492. The van der Waals surface area contributed by atoms with E-state index in [1.807, 2.05) is 12.2 Å². The maximum Gasteiger partial charge on any atom is 0.0441 e. The fourth-order valence-electron chi connectivity index (χ4n) is 5.87. The summed E-state index contributed by atoms with van der Waals surface area (Å²) in [6.45, 7) is 19.0. The Morgan fingerprint density at radius 1 is 0.850 bits per heavy atom. The lowest BCUT2D eigenvalue weighted by molar-refractivity contribution is 0.193. The van der Waals surface area contributed by atoms with Crippen molar-refractivity contribution < 1.29 is 0 Å². The van der Waals surface area contributed by atoms with Crippen LogP contribution >= 0.6 is 24.2 Å². The zero-order chi connectivity index (χ0) is 29.1. The quantitative estimate of drug-likeness (QED) is 0.101. The van der Waals surface area contributed by atoms with Crippen LogP contribution < -0.4 is 0 Å². The number of rotatable bonds is 16. The molecule has 1 nitrogen and oxygen atoms in total. The smallest absolute Gasteiger partial charge is 0.0441 e. The SMILES string of the molecule is C=CCC(CC)N(CC)Cc1cc(Cl)c(CCc2cccc(-c3cccc(CCCCS)c3C)c2C)cc1C=C. The van der Waals surface area contributed by atoms with E-state index in [2.05, 4.69) is 107 Å². The molecule has 0 bridgehead atoms. The summed E-state index contributed by atoms with van der Waals surface area (Å²) in [6, 6.07) is 18.4. The summed E-state index contributed by atoms with van der Waals surface area (Å²) in [5, 5.41) is 0.854. The maximum atomic E-state index is 6.91. The lowest BCUT2D eigenvalue weighted by Gasteiger charge is -2.30. The van der Waals surface area contributed by atoms with Gasteiger partial charge in [-0.1, -0.05) is 80.6 Å². The van der Waals surface area contributed by atoms with Crippen LogP contribution in [-0.4, -0.2) is 23.2 Å². The van der Waals surface area contributed by atoms with Gasteiger partial charge in [0.25, 0.3) is 0 Å². The summed E-state index contributed by atoms with van der Waals surface area (Å²) in [5.74, 6) is 0.952. The third-order valence-electron chi connectivity index (χ3n) is 8.43. The largest absolute Gasteiger partial charge is 0.296 e. The Bertz CT molecular complexity index is 1280. The first-order valence-electron chi connectivity index (χ1n) is 14.9. The average molecular weight is 574 g/mol. The van der Waals surface area contributed by atoms with E-state index in [1.54, 1.807) is 0 Å². The van der Waals surface area contributed by atoms with Crippen LogP contribution in [0, 0.1) is 13.8 Å². The van der Waals surface area contributed by atoms with Gasteiger partial charge in [0.05, 0.1) is 0 Å². The molecule has 1 atom stereocenters. The molecule has 0 N–H and O–H groups in total. The Balaban J connectivity index is 1.82. The molecule has 0 saturated heterocycles. The molecular formula is C37H48ClNS. The van der Waals surface area contributed by atoms with Gasteiger partial charge in [-0.25, -0.2) is 0 Å². The number of nitrogens with zero attached hydrogens (tertiary/aromatic N) is 1. The van der Waals surface area contributed by atoms with Gasteiger partial charge in [0, 0.05) is 17.6 Å². The van der Waals surface area contributed by atoms with Crippen LogP contribution in [0.5, 0.6) is 0 Å². The van der Waals surface area contributed by atoms with E-state index >= 15 is 0 Å². The van der Waals surface area contributed by atoms with Gasteiger partial charge in [-0.05, 0) is 133 Å². The Labute approximate surface area is 254 Å². The fraction of sp³-hybridized carbons (Fsp3) is 0.405. The van der Waals surface area contributed by atoms with Crippen LogP contribution in [-0.2, 0) is 25.8 Å². The molecule has 0 heterocycles. The van der Waals surface area contributed by atoms with E-state index in [0.29, 0.717) is 6.04 Å². The standard InChI is InChI=1S/C37H48ClNS/c1-7-15-34(9-3)39(10-4)26-33-25-37(38)32(24-29(33)8-2)22-21-31-18-14-20-36(28(31)6)35-19-13-17-30(27(35)5)16-11-12-23-40/h7-8,13-14,17-20,24-25,34,40H,1-2,9-12,15-16,21-23,26H2,3-6H3. The minimum atomic E-state index is 0.492. The van der Waals surface area contributed by atoms with Crippen LogP contribution in [0.3, 0.4) is 0 Å². The lowest BCUT2D eigenvalue weighted by Crippen LogP contribution is -2.34. The first-order valence-corrected chi connectivity index (χ1v) is 16.0. The number of hydrogen-bond acceptors (Lipinski definition) is 2. The molecule has 0 fully saturated rings. The van der Waals surface area contributed by atoms with Crippen molar-refractivity contribution in [2.75, 3.05) is 12.3 Å². The van der Waals surface area contributed by atoms with E-state index in [0.717, 1.165) is 62.4 Å². The van der Waals surface area contributed by atoms with Crippen molar-refractivity contribution >= 4 is 30.3 Å². The van der Waals surface area contributed by atoms with E-state index < -0.39 is 0 Å². The number of hydrogen-bond donors (Lipinski definition) is 1. The maximum absolute atomic E-state index is 6.91. The van der Waals surface area contributed by atoms with Crippen LogP contribution in [0.15, 0.2) is 67.8 Å². The third kappa shape index (κ3) is 8.15. The molecule has 0 amide bonds. The molecule has 3 heteroatoms. The van der Waals surface area contributed by atoms with Crippen molar-refractivity contribution in [3.05, 3.63) is 112 Å². The van der Waals surface area contributed by atoms with E-state index in [4.69, 9.17) is 11.6 Å². The molecule has 40 heavy (non-hydrogen) atoms. The Morgan fingerprint density at radius 2 is 1.48 bits per heavy atom. The monoisotopic (exact) mass is 573 g/mol. The first kappa shape index (κ1) is 32.3. The van der Waals surface area contributed by atoms with Gasteiger partial charge in [0.15, 0.2) is 0 Å². The van der Waals surface area contributed by atoms with E-state index in [-0.39, 0.29) is 0 Å². The molecule has 3 rings (SSSR count). The van der Waals surface area contributed by atoms with Crippen LogP contribution in [0.1, 0.15) is 78.5 Å². The number of aryl methyl sites for hydroxylation is 3. The van der Waals surface area contributed by atoms with Crippen molar-refractivity contribution in [3.8, 4) is 11.1 Å². The molecular weight excluding hydrogens is 526 g/mol. The van der Waals surface area contributed by atoms with Crippen molar-refractivity contribution in [2.24, 2.45) is 0 Å². The summed E-state index contributed by atoms with van der Waals surface area (Å²) in [7, 11) is 0. The van der Waals surface area contributed by atoms with Gasteiger partial charge in [-0.2, -0.15) is 12.6 Å². The van der Waals surface area contributed by atoms with Gasteiger partial charge in [-0.15, -0.1) is 6.58 Å². The predicted molar refractivity (Wildman–Crippen MR) is 182 cm³/mol. The Hall–Kier alpha value is -2.26. The van der Waals surface area contributed by atoms with E-state index in [1.165, 1.54) is 56.5 Å². The zero-order valence-electron chi connectivity index (χ0n) is 25.1. The molecule has 0 radical (unpaired) electrons. The van der Waals surface area contributed by atoms with Crippen molar-refractivity contribution in [2.45, 2.75) is 85.2 Å². The Kier molecular flexibility index (Phi) is 13.1. The fourth-order valence-corrected chi connectivity index (χ4v) is 6.37. The molecule has 0 aliphatic carbocycles. The summed E-state index contributed by atoms with van der Waals surface area (Å²) in [6.07, 6.45) is 11.4. The van der Waals surface area contributed by atoms with Crippen molar-refractivity contribution in [3.63, 3.8) is 0 Å². The van der Waals surface area contributed by atoms with Gasteiger partial charge in [-0.3, -0.25) is 4.90 Å². The molecule has 0 aliphatic heterocycles. The molecule has 0 saturated carbocycles. The Morgan fingerprint density at radius 3 is 2.02 bits per heavy atom. The topological polar surface area (TPSA) is 3.24 Å². The minimum Gasteiger partial charge on any atom is -0.296 e. The molecule has 0 aromatic heterocycles. The zero-order valence-corrected chi connectivity index (χ0v) is 26.8. The summed E-state index contributed by atoms with van der Waals surface area (Å²) in [5.41, 5.74) is 11.9. The number of unbranched alkanes of at least 4 members (excludes halogenated alkanes) is 1. The lowest BCUT2D eigenvalue weighted by atomic mass is 9.89. The highest BCUT2D eigenvalue weighted by atomic mass is 35.5. The summed E-state index contributed by atoms with van der Waals surface area (Å²) < 4.78 is 0. The highest BCUT2D eigenvalue weighted by Gasteiger charge is 2.17. The van der Waals surface area contributed by atoms with Gasteiger partial charge in [0.1, 0.15) is 0 Å². The van der Waals surface area contributed by atoms with Crippen LogP contribution in [0.25, 0.3) is 17.2 Å². The third-order valence-corrected chi connectivity index (χ3v) is 9.10. The predicted octanol–water partition coefficient (Wildman–Crippen LogP) is 10.5. The molecule has 0 spiro atoms. The molecule has 214 valence electrons. The average Bonchev–Trinajstić information content (AvgIpc) is 2.96. The highest BCUT2D eigenvalue weighted by Crippen LogP contribution is 2.32. The second-order valence-corrected chi connectivity index (χ2v) is 11.7. The number of thiol groups is 1. The first-order chi connectivity index (χ1) is 19.4. The summed E-state index contributed by atoms with van der Waals surface area (Å²) >= 11 is 11.3. The number of benzene rings is 3. The number of halogens is 1. The molecule has 1 unspecified atom stereocenters. The van der Waals surface area contributed by atoms with Crippen molar-refractivity contribution in [1.82, 2.24) is 4.90 Å². The molecule has 3 aromatic rings. The highest BCUT2D eigenvalue weighted by molar-refractivity contribution is 7.80. The van der Waals surface area contributed by atoms with Crippen LogP contribution in [0.4, 0.5) is 0 Å².